The predicted octanol–water partition coefficient (Wildman–Crippen LogP) is 2.85. The summed E-state index contributed by atoms with van der Waals surface area (Å²) in [5, 5.41) is 38.1. The van der Waals surface area contributed by atoms with Crippen LogP contribution in [0.2, 0.25) is 0 Å². The lowest BCUT2D eigenvalue weighted by Gasteiger charge is -2.47. The van der Waals surface area contributed by atoms with Crippen molar-refractivity contribution in [2.45, 2.75) is 19.8 Å². The molecule has 6 heteroatoms. The first-order chi connectivity index (χ1) is 13.5. The topological polar surface area (TPSA) is 116 Å². The van der Waals surface area contributed by atoms with E-state index in [1.807, 2.05) is 36.4 Å². The Bertz CT molecular complexity index is 930. The number of nitrogens with zero attached hydrogens (tertiary/aromatic N) is 4. The average molecular weight is 371 g/mol. The van der Waals surface area contributed by atoms with Gasteiger partial charge in [-0.2, -0.15) is 15.8 Å². The van der Waals surface area contributed by atoms with Crippen LogP contribution in [0.25, 0.3) is 0 Å². The normalized spacial score (nSPS) is 25.5. The van der Waals surface area contributed by atoms with Crippen LogP contribution >= 0.6 is 0 Å². The molecule has 1 amide bonds. The number of nitrogens with one attached hydrogen (secondary N) is 1. The zero-order valence-electron chi connectivity index (χ0n) is 15.7. The molecular formula is C22H21N5O. The van der Waals surface area contributed by atoms with Crippen LogP contribution in [0.15, 0.2) is 42.0 Å². The van der Waals surface area contributed by atoms with Crippen LogP contribution in [0.4, 0.5) is 0 Å². The number of carbonyl (C=O) groups excluding carboxylic acids is 1. The van der Waals surface area contributed by atoms with Gasteiger partial charge in [-0.25, -0.2) is 0 Å². The van der Waals surface area contributed by atoms with Gasteiger partial charge in [0.25, 0.3) is 0 Å². The van der Waals surface area contributed by atoms with Gasteiger partial charge in [0.05, 0.1) is 23.9 Å². The molecule has 2 aliphatic rings. The Morgan fingerprint density at radius 2 is 1.93 bits per heavy atom. The van der Waals surface area contributed by atoms with Crippen molar-refractivity contribution in [3.05, 3.63) is 47.5 Å². The van der Waals surface area contributed by atoms with E-state index < -0.39 is 17.3 Å². The fraction of sp³-hybridized carbons (Fsp3) is 0.409. The average Bonchev–Trinajstić information content (AvgIpc) is 2.72. The molecule has 1 heterocycles. The number of hydrogen-bond acceptors (Lipinski definition) is 5. The van der Waals surface area contributed by atoms with E-state index in [-0.39, 0.29) is 17.5 Å². The van der Waals surface area contributed by atoms with E-state index in [0.29, 0.717) is 25.9 Å². The highest BCUT2D eigenvalue weighted by atomic mass is 16.2. The number of amides is 1. The molecule has 1 unspecified atom stereocenters. The van der Waals surface area contributed by atoms with Gasteiger partial charge in [0.15, 0.2) is 5.41 Å². The van der Waals surface area contributed by atoms with E-state index in [9.17, 15) is 20.6 Å². The minimum atomic E-state index is -1.66. The molecule has 3 atom stereocenters. The summed E-state index contributed by atoms with van der Waals surface area (Å²) in [6, 6.07) is 16.1. The number of carbonyl (C=O) groups is 1. The predicted molar refractivity (Wildman–Crippen MR) is 103 cm³/mol. The smallest absolute Gasteiger partial charge is 0.219 e. The minimum Gasteiger partial charge on any atom is -0.339 e. The Morgan fingerprint density at radius 3 is 2.50 bits per heavy atom. The lowest BCUT2D eigenvalue weighted by molar-refractivity contribution is -0.129. The van der Waals surface area contributed by atoms with Crippen molar-refractivity contribution >= 4 is 11.6 Å². The van der Waals surface area contributed by atoms with E-state index >= 15 is 0 Å². The van der Waals surface area contributed by atoms with Crippen molar-refractivity contribution in [1.29, 1.82) is 21.2 Å². The fourth-order valence-corrected chi connectivity index (χ4v) is 4.46. The molecule has 0 aromatic heterocycles. The summed E-state index contributed by atoms with van der Waals surface area (Å²) in [7, 11) is 0. The van der Waals surface area contributed by atoms with Crippen LogP contribution in [-0.4, -0.2) is 29.6 Å². The highest BCUT2D eigenvalue weighted by Gasteiger charge is 2.56. The Kier molecular flexibility index (Phi) is 5.30. The van der Waals surface area contributed by atoms with Crippen molar-refractivity contribution in [2.24, 2.45) is 23.2 Å². The van der Waals surface area contributed by atoms with Crippen LogP contribution in [0.3, 0.4) is 0 Å². The lowest BCUT2D eigenvalue weighted by atomic mass is 9.55. The van der Waals surface area contributed by atoms with Crippen LogP contribution in [0.1, 0.15) is 18.9 Å². The molecule has 1 N–H and O–H groups in total. The van der Waals surface area contributed by atoms with E-state index in [1.54, 1.807) is 4.90 Å². The first-order valence-corrected chi connectivity index (χ1v) is 9.29. The van der Waals surface area contributed by atoms with Crippen LogP contribution in [-0.2, 0) is 11.2 Å². The molecule has 3 rings (SSSR count). The number of nitriles is 3. The van der Waals surface area contributed by atoms with E-state index in [4.69, 9.17) is 5.41 Å². The molecule has 1 fully saturated rings. The quantitative estimate of drug-likeness (QED) is 0.822. The summed E-state index contributed by atoms with van der Waals surface area (Å²) in [5.74, 6) is -1.69. The largest absolute Gasteiger partial charge is 0.339 e. The summed E-state index contributed by atoms with van der Waals surface area (Å²) in [6.45, 7) is 2.26. The Morgan fingerprint density at radius 1 is 1.25 bits per heavy atom. The monoisotopic (exact) mass is 371 g/mol. The second kappa shape index (κ2) is 7.67. The lowest BCUT2D eigenvalue weighted by Crippen LogP contribution is -2.54. The molecule has 1 aromatic carbocycles. The number of rotatable bonds is 3. The molecule has 0 saturated heterocycles. The molecule has 1 aliphatic carbocycles. The molecule has 0 spiro atoms. The molecular weight excluding hydrogens is 350 g/mol. The van der Waals surface area contributed by atoms with Crippen molar-refractivity contribution in [2.75, 3.05) is 13.1 Å². The van der Waals surface area contributed by atoms with Crippen molar-refractivity contribution in [3.8, 4) is 18.2 Å². The summed E-state index contributed by atoms with van der Waals surface area (Å²) in [4.78, 5) is 13.6. The van der Waals surface area contributed by atoms with E-state index in [1.165, 1.54) is 6.92 Å². The maximum absolute atomic E-state index is 11.9. The second-order valence-electron chi connectivity index (χ2n) is 7.37. The molecule has 6 nitrogen and oxygen atoms in total. The molecule has 0 radical (unpaired) electrons. The van der Waals surface area contributed by atoms with Crippen LogP contribution in [0, 0.1) is 62.6 Å². The Balaban J connectivity index is 2.04. The third kappa shape index (κ3) is 3.06. The highest BCUT2D eigenvalue weighted by Crippen LogP contribution is 2.50. The van der Waals surface area contributed by atoms with Crippen LogP contribution < -0.4 is 0 Å². The van der Waals surface area contributed by atoms with Gasteiger partial charge in [-0.15, -0.1) is 0 Å². The third-order valence-corrected chi connectivity index (χ3v) is 6.00. The summed E-state index contributed by atoms with van der Waals surface area (Å²) in [5.41, 5.74) is 0.0868. The van der Waals surface area contributed by atoms with Crippen LogP contribution in [0.5, 0.6) is 0 Å². The van der Waals surface area contributed by atoms with Gasteiger partial charge in [0, 0.05) is 31.8 Å². The van der Waals surface area contributed by atoms with Gasteiger partial charge in [-0.3, -0.25) is 4.79 Å². The summed E-state index contributed by atoms with van der Waals surface area (Å²) < 4.78 is 0. The molecule has 1 saturated carbocycles. The van der Waals surface area contributed by atoms with Gasteiger partial charge < -0.3 is 10.3 Å². The van der Waals surface area contributed by atoms with E-state index in [0.717, 1.165) is 11.1 Å². The number of aryl methyl sites for hydroxylation is 1. The van der Waals surface area contributed by atoms with Crippen molar-refractivity contribution in [3.63, 3.8) is 0 Å². The number of fused-ring (bicyclic) bond motifs is 1. The summed E-state index contributed by atoms with van der Waals surface area (Å²) >= 11 is 0. The standard InChI is InChI=1S/C22H21N5O/c1-15(28)27-10-9-17-18(11-23)21(26)22(13-24,14-25)20(19(17)12-27)8-7-16-5-3-2-4-6-16/h2-6,9,18-20,26H,7-8,10,12H2,1H3/t18?,19-,20+/m0/s1. The first-order valence-electron chi connectivity index (χ1n) is 9.29. The van der Waals surface area contributed by atoms with Gasteiger partial charge in [-0.05, 0) is 24.0 Å². The van der Waals surface area contributed by atoms with Gasteiger partial charge in [0.2, 0.25) is 5.91 Å². The first kappa shape index (κ1) is 19.3. The maximum atomic E-state index is 11.9. The number of hydrogen-bond donors (Lipinski definition) is 1. The van der Waals surface area contributed by atoms with Crippen molar-refractivity contribution < 1.29 is 4.79 Å². The Hall–Kier alpha value is -3.43. The highest BCUT2D eigenvalue weighted by molar-refractivity contribution is 6.00. The zero-order chi connectivity index (χ0) is 20.3. The van der Waals surface area contributed by atoms with Crippen molar-refractivity contribution in [1.82, 2.24) is 4.90 Å². The molecule has 28 heavy (non-hydrogen) atoms. The third-order valence-electron chi connectivity index (χ3n) is 6.00. The molecule has 1 aliphatic heterocycles. The van der Waals surface area contributed by atoms with E-state index in [2.05, 4.69) is 18.2 Å². The van der Waals surface area contributed by atoms with Gasteiger partial charge in [-0.1, -0.05) is 36.4 Å². The Labute approximate surface area is 164 Å². The second-order valence-corrected chi connectivity index (χ2v) is 7.37. The van der Waals surface area contributed by atoms with Gasteiger partial charge in [0.1, 0.15) is 5.92 Å². The summed E-state index contributed by atoms with van der Waals surface area (Å²) in [6.07, 6.45) is 3.02. The minimum absolute atomic E-state index is 0.0780. The SMILES string of the molecule is CC(=O)N1CC=C2C(C#N)C(=N)C(C#N)(C#N)[C@H](CCc3ccccc3)[C@H]2C1. The molecule has 140 valence electrons. The maximum Gasteiger partial charge on any atom is 0.219 e. The molecule has 1 aromatic rings. The molecule has 0 bridgehead atoms. The number of benzene rings is 1. The fourth-order valence-electron chi connectivity index (χ4n) is 4.46. The zero-order valence-corrected chi connectivity index (χ0v) is 15.7. The van der Waals surface area contributed by atoms with Gasteiger partial charge >= 0.3 is 0 Å².